The van der Waals surface area contributed by atoms with Gasteiger partial charge < -0.3 is 15.0 Å². The number of nitrogens with zero attached hydrogens (tertiary/aromatic N) is 1. The van der Waals surface area contributed by atoms with Gasteiger partial charge in [0.1, 0.15) is 5.75 Å². The zero-order valence-electron chi connectivity index (χ0n) is 13.3. The Kier molecular flexibility index (Phi) is 7.37. The SMILES string of the molecule is COc1ccc(NC(=O)CCCl)c(N(C)CCC(C)C)c1. The molecule has 1 aromatic rings. The van der Waals surface area contributed by atoms with Crippen LogP contribution in [0.3, 0.4) is 0 Å². The van der Waals surface area contributed by atoms with Gasteiger partial charge in [-0.15, -0.1) is 11.6 Å². The topological polar surface area (TPSA) is 41.6 Å². The van der Waals surface area contributed by atoms with Gasteiger partial charge in [0.25, 0.3) is 0 Å². The molecule has 0 aliphatic rings. The van der Waals surface area contributed by atoms with Crippen molar-refractivity contribution in [3.8, 4) is 5.75 Å². The number of carbonyl (C=O) groups excluding carboxylic acids is 1. The van der Waals surface area contributed by atoms with E-state index in [0.29, 0.717) is 18.2 Å². The van der Waals surface area contributed by atoms with Crippen molar-refractivity contribution in [1.29, 1.82) is 0 Å². The van der Waals surface area contributed by atoms with Gasteiger partial charge in [-0.1, -0.05) is 13.8 Å². The molecule has 0 heterocycles. The monoisotopic (exact) mass is 312 g/mol. The fraction of sp³-hybridized carbons (Fsp3) is 0.562. The van der Waals surface area contributed by atoms with Crippen LogP contribution >= 0.6 is 11.6 Å². The average molecular weight is 313 g/mol. The van der Waals surface area contributed by atoms with E-state index in [1.54, 1.807) is 7.11 Å². The highest BCUT2D eigenvalue weighted by Gasteiger charge is 2.12. The lowest BCUT2D eigenvalue weighted by atomic mass is 10.1. The maximum absolute atomic E-state index is 11.8. The van der Waals surface area contributed by atoms with Crippen molar-refractivity contribution in [2.75, 3.05) is 36.8 Å². The molecule has 4 nitrogen and oxygen atoms in total. The Labute approximate surface area is 132 Å². The number of benzene rings is 1. The van der Waals surface area contributed by atoms with Crippen LogP contribution in [0.2, 0.25) is 0 Å². The van der Waals surface area contributed by atoms with E-state index in [2.05, 4.69) is 24.1 Å². The quantitative estimate of drug-likeness (QED) is 0.743. The highest BCUT2D eigenvalue weighted by Crippen LogP contribution is 2.30. The molecule has 1 N–H and O–H groups in total. The van der Waals surface area contributed by atoms with E-state index in [0.717, 1.165) is 30.1 Å². The van der Waals surface area contributed by atoms with Crippen LogP contribution in [0.5, 0.6) is 5.75 Å². The van der Waals surface area contributed by atoms with Crippen LogP contribution in [0.1, 0.15) is 26.7 Å². The fourth-order valence-electron chi connectivity index (χ4n) is 1.93. The van der Waals surface area contributed by atoms with Gasteiger partial charge in [-0.05, 0) is 24.5 Å². The first-order valence-corrected chi connectivity index (χ1v) is 7.76. The Morgan fingerprint density at radius 2 is 2.14 bits per heavy atom. The van der Waals surface area contributed by atoms with Crippen LogP contribution in [0.25, 0.3) is 0 Å². The first-order valence-electron chi connectivity index (χ1n) is 7.23. The van der Waals surface area contributed by atoms with Crippen LogP contribution < -0.4 is 15.0 Å². The number of halogens is 1. The van der Waals surface area contributed by atoms with Crippen LogP contribution in [0.15, 0.2) is 18.2 Å². The van der Waals surface area contributed by atoms with Crippen molar-refractivity contribution in [3.05, 3.63) is 18.2 Å². The van der Waals surface area contributed by atoms with Gasteiger partial charge >= 0.3 is 0 Å². The van der Waals surface area contributed by atoms with E-state index in [1.807, 2.05) is 25.2 Å². The highest BCUT2D eigenvalue weighted by molar-refractivity contribution is 6.19. The number of amides is 1. The number of carbonyl (C=O) groups is 1. The predicted molar refractivity (Wildman–Crippen MR) is 89.7 cm³/mol. The predicted octanol–water partition coefficient (Wildman–Crippen LogP) is 3.74. The maximum atomic E-state index is 11.8. The third kappa shape index (κ3) is 5.84. The molecule has 118 valence electrons. The van der Waals surface area contributed by atoms with Gasteiger partial charge in [-0.3, -0.25) is 4.79 Å². The average Bonchev–Trinajstić information content (AvgIpc) is 2.45. The molecule has 5 heteroatoms. The lowest BCUT2D eigenvalue weighted by Gasteiger charge is -2.24. The van der Waals surface area contributed by atoms with Crippen LogP contribution in [0, 0.1) is 5.92 Å². The molecular formula is C16H25ClN2O2. The molecule has 0 aliphatic carbocycles. The van der Waals surface area contributed by atoms with Crippen molar-refractivity contribution in [2.45, 2.75) is 26.7 Å². The summed E-state index contributed by atoms with van der Waals surface area (Å²) in [6.07, 6.45) is 1.39. The summed E-state index contributed by atoms with van der Waals surface area (Å²) in [5.41, 5.74) is 1.75. The zero-order valence-corrected chi connectivity index (χ0v) is 14.0. The Morgan fingerprint density at radius 3 is 2.71 bits per heavy atom. The van der Waals surface area contributed by atoms with Gasteiger partial charge in [0.2, 0.25) is 5.91 Å². The number of hydrogen-bond donors (Lipinski definition) is 1. The number of methoxy groups -OCH3 is 1. The number of rotatable bonds is 8. The van der Waals surface area contributed by atoms with Gasteiger partial charge in [-0.25, -0.2) is 0 Å². The van der Waals surface area contributed by atoms with Crippen LogP contribution in [0.4, 0.5) is 11.4 Å². The molecule has 0 radical (unpaired) electrons. The molecule has 1 rings (SSSR count). The largest absolute Gasteiger partial charge is 0.497 e. The number of ether oxygens (including phenoxy) is 1. The summed E-state index contributed by atoms with van der Waals surface area (Å²) in [6.45, 7) is 5.31. The lowest BCUT2D eigenvalue weighted by Crippen LogP contribution is -2.22. The van der Waals surface area contributed by atoms with Gasteiger partial charge in [0.15, 0.2) is 0 Å². The minimum absolute atomic E-state index is 0.0753. The van der Waals surface area contributed by atoms with E-state index >= 15 is 0 Å². The van der Waals surface area contributed by atoms with E-state index in [1.165, 1.54) is 0 Å². The molecular weight excluding hydrogens is 288 g/mol. The molecule has 0 atom stereocenters. The van der Waals surface area contributed by atoms with Crippen molar-refractivity contribution in [3.63, 3.8) is 0 Å². The van der Waals surface area contributed by atoms with E-state index in [4.69, 9.17) is 16.3 Å². The molecule has 0 fully saturated rings. The molecule has 0 unspecified atom stereocenters. The Balaban J connectivity index is 2.93. The van der Waals surface area contributed by atoms with Gasteiger partial charge in [0.05, 0.1) is 18.5 Å². The maximum Gasteiger partial charge on any atom is 0.225 e. The zero-order chi connectivity index (χ0) is 15.8. The van der Waals surface area contributed by atoms with E-state index in [-0.39, 0.29) is 5.91 Å². The van der Waals surface area contributed by atoms with E-state index < -0.39 is 0 Å². The molecule has 0 bridgehead atoms. The third-order valence-electron chi connectivity index (χ3n) is 3.25. The minimum Gasteiger partial charge on any atom is -0.497 e. The molecule has 0 spiro atoms. The fourth-order valence-corrected chi connectivity index (χ4v) is 2.10. The highest BCUT2D eigenvalue weighted by atomic mass is 35.5. The Morgan fingerprint density at radius 1 is 1.43 bits per heavy atom. The van der Waals surface area contributed by atoms with Gasteiger partial charge in [-0.2, -0.15) is 0 Å². The number of anilines is 2. The number of nitrogens with one attached hydrogen (secondary N) is 1. The molecule has 0 aliphatic heterocycles. The van der Waals surface area contributed by atoms with Crippen molar-refractivity contribution in [2.24, 2.45) is 5.92 Å². The summed E-state index contributed by atoms with van der Waals surface area (Å²) in [5.74, 6) is 1.65. The lowest BCUT2D eigenvalue weighted by molar-refractivity contribution is -0.115. The first kappa shape index (κ1) is 17.6. The summed E-state index contributed by atoms with van der Waals surface area (Å²) in [4.78, 5) is 13.9. The Bertz CT molecular complexity index is 464. The summed E-state index contributed by atoms with van der Waals surface area (Å²) in [7, 11) is 3.66. The standard InChI is InChI=1S/C16H25ClN2O2/c1-12(2)8-10-19(3)15-11-13(21-4)5-6-14(15)18-16(20)7-9-17/h5-6,11-12H,7-10H2,1-4H3,(H,18,20). The second-order valence-corrected chi connectivity index (χ2v) is 5.85. The number of alkyl halides is 1. The van der Waals surface area contributed by atoms with Crippen LogP contribution in [-0.4, -0.2) is 32.5 Å². The third-order valence-corrected chi connectivity index (χ3v) is 3.44. The van der Waals surface area contributed by atoms with Crippen molar-refractivity contribution >= 4 is 28.9 Å². The van der Waals surface area contributed by atoms with Crippen LogP contribution in [-0.2, 0) is 4.79 Å². The molecule has 1 amide bonds. The Hall–Kier alpha value is -1.42. The second kappa shape index (κ2) is 8.78. The van der Waals surface area contributed by atoms with E-state index in [9.17, 15) is 4.79 Å². The first-order chi connectivity index (χ1) is 9.97. The smallest absolute Gasteiger partial charge is 0.225 e. The molecule has 0 saturated heterocycles. The van der Waals surface area contributed by atoms with Crippen molar-refractivity contribution < 1.29 is 9.53 Å². The number of hydrogen-bond acceptors (Lipinski definition) is 3. The second-order valence-electron chi connectivity index (χ2n) is 5.47. The minimum atomic E-state index is -0.0753. The summed E-state index contributed by atoms with van der Waals surface area (Å²) in [5, 5.41) is 2.91. The van der Waals surface area contributed by atoms with Gasteiger partial charge in [0, 0.05) is 32.0 Å². The molecule has 21 heavy (non-hydrogen) atoms. The molecule has 1 aromatic carbocycles. The normalized spacial score (nSPS) is 10.6. The summed E-state index contributed by atoms with van der Waals surface area (Å²) >= 11 is 5.61. The molecule has 0 saturated carbocycles. The summed E-state index contributed by atoms with van der Waals surface area (Å²) < 4.78 is 5.28. The van der Waals surface area contributed by atoms with Crippen molar-refractivity contribution in [1.82, 2.24) is 0 Å². The summed E-state index contributed by atoms with van der Waals surface area (Å²) in [6, 6.07) is 5.65. The molecule has 0 aromatic heterocycles.